The average Bonchev–Trinajstić information content (AvgIpc) is 2.35. The van der Waals surface area contributed by atoms with Crippen molar-refractivity contribution in [3.63, 3.8) is 0 Å². The van der Waals surface area contributed by atoms with Crippen LogP contribution < -0.4 is 0 Å². The lowest BCUT2D eigenvalue weighted by atomic mass is 10.0. The molecule has 0 spiro atoms. The molecule has 2 aromatic rings. The highest BCUT2D eigenvalue weighted by molar-refractivity contribution is 7.99. The Balaban J connectivity index is 2.12. The predicted molar refractivity (Wildman–Crippen MR) is 69.2 cm³/mol. The van der Waals surface area contributed by atoms with Crippen LogP contribution in [0.4, 0.5) is 0 Å². The quantitative estimate of drug-likeness (QED) is 0.596. The Morgan fingerprint density at radius 1 is 1.00 bits per heavy atom. The van der Waals surface area contributed by atoms with Gasteiger partial charge in [-0.2, -0.15) is 0 Å². The molecule has 1 aliphatic heterocycles. The summed E-state index contributed by atoms with van der Waals surface area (Å²) in [6, 6.07) is 15.4. The number of hydrogen-bond acceptors (Lipinski definition) is 1. The summed E-state index contributed by atoms with van der Waals surface area (Å²) in [4.78, 5) is 2.92. The van der Waals surface area contributed by atoms with E-state index in [4.69, 9.17) is 0 Å². The molecule has 0 aliphatic carbocycles. The lowest BCUT2D eigenvalue weighted by Gasteiger charge is -2.21. The van der Waals surface area contributed by atoms with Gasteiger partial charge < -0.3 is 0 Å². The highest BCUT2D eigenvalue weighted by atomic mass is 32.2. The summed E-state index contributed by atoms with van der Waals surface area (Å²) in [7, 11) is 0. The minimum absolute atomic E-state index is 1.09. The fourth-order valence-corrected chi connectivity index (χ4v) is 3.50. The summed E-state index contributed by atoms with van der Waals surface area (Å²) in [5.41, 5.74) is 4.44. The molecule has 0 fully saturated rings. The van der Waals surface area contributed by atoms with E-state index in [0.717, 1.165) is 12.8 Å². The molecule has 0 unspecified atom stereocenters. The van der Waals surface area contributed by atoms with Gasteiger partial charge in [0.05, 0.1) is 0 Å². The second-order valence-electron chi connectivity index (χ2n) is 4.15. The lowest BCUT2D eigenvalue weighted by molar-refractivity contribution is 0.993. The monoisotopic (exact) mass is 226 g/mol. The van der Waals surface area contributed by atoms with Crippen molar-refractivity contribution >= 4 is 11.8 Å². The number of benzene rings is 2. The van der Waals surface area contributed by atoms with E-state index in [1.54, 1.807) is 0 Å². The van der Waals surface area contributed by atoms with Gasteiger partial charge in [0.2, 0.25) is 0 Å². The third kappa shape index (κ3) is 1.56. The van der Waals surface area contributed by atoms with Crippen molar-refractivity contribution in [2.45, 2.75) is 29.6 Å². The van der Waals surface area contributed by atoms with Crippen LogP contribution in [0.25, 0.3) is 0 Å². The fourth-order valence-electron chi connectivity index (χ4n) is 2.25. The molecule has 0 radical (unpaired) electrons. The number of rotatable bonds is 1. The van der Waals surface area contributed by atoms with Gasteiger partial charge in [-0.25, -0.2) is 0 Å². The molecule has 0 atom stereocenters. The van der Waals surface area contributed by atoms with Crippen molar-refractivity contribution in [3.8, 4) is 0 Å². The summed E-state index contributed by atoms with van der Waals surface area (Å²) < 4.78 is 0. The van der Waals surface area contributed by atoms with Crippen LogP contribution in [0.5, 0.6) is 0 Å². The molecule has 0 bridgehead atoms. The molecule has 0 nitrogen and oxygen atoms in total. The van der Waals surface area contributed by atoms with Crippen LogP contribution in [-0.2, 0) is 12.8 Å². The lowest BCUT2D eigenvalue weighted by Crippen LogP contribution is -2.01. The maximum atomic E-state index is 2.26. The molecular weight excluding hydrogens is 212 g/mol. The van der Waals surface area contributed by atoms with Crippen molar-refractivity contribution in [1.82, 2.24) is 0 Å². The third-order valence-corrected chi connectivity index (χ3v) is 4.47. The Bertz CT molecular complexity index is 529. The zero-order valence-electron chi connectivity index (χ0n) is 9.36. The van der Waals surface area contributed by atoms with Gasteiger partial charge in [0, 0.05) is 9.79 Å². The van der Waals surface area contributed by atoms with Crippen molar-refractivity contribution in [3.05, 3.63) is 59.2 Å². The number of fused-ring (bicyclic) bond motifs is 2. The van der Waals surface area contributed by atoms with Gasteiger partial charge in [0.25, 0.3) is 0 Å². The minimum Gasteiger partial charge on any atom is -0.0892 e. The summed E-state index contributed by atoms with van der Waals surface area (Å²) in [6.07, 6.45) is 2.21. The minimum atomic E-state index is 1.09. The number of hydrogen-bond donors (Lipinski definition) is 0. The number of aryl methyl sites for hydroxylation is 1. The molecule has 0 N–H and O–H groups in total. The van der Waals surface area contributed by atoms with Crippen molar-refractivity contribution < 1.29 is 0 Å². The molecular formula is C15H14S. The molecule has 0 aromatic heterocycles. The van der Waals surface area contributed by atoms with E-state index in [1.807, 2.05) is 11.8 Å². The summed E-state index contributed by atoms with van der Waals surface area (Å²) in [5.74, 6) is 0. The SMILES string of the molecule is CCc1cccc2c1Sc1ccccc1C2. The predicted octanol–water partition coefficient (Wildman–Crippen LogP) is 4.30. The Hall–Kier alpha value is -1.21. The van der Waals surface area contributed by atoms with E-state index in [9.17, 15) is 0 Å². The fraction of sp³-hybridized carbons (Fsp3) is 0.200. The first-order valence-corrected chi connectivity index (χ1v) is 6.56. The Kier molecular flexibility index (Phi) is 2.49. The van der Waals surface area contributed by atoms with E-state index < -0.39 is 0 Å². The molecule has 16 heavy (non-hydrogen) atoms. The molecule has 1 heterocycles. The van der Waals surface area contributed by atoms with E-state index in [2.05, 4.69) is 49.4 Å². The standard InChI is InChI=1S/C15H14S/c1-2-11-7-5-8-13-10-12-6-3-4-9-14(12)16-15(11)13/h3-9H,2,10H2,1H3. The van der Waals surface area contributed by atoms with Crippen LogP contribution in [0.2, 0.25) is 0 Å². The summed E-state index contributed by atoms with van der Waals surface area (Å²) in [5, 5.41) is 0. The second kappa shape index (κ2) is 3.99. The Morgan fingerprint density at radius 3 is 2.69 bits per heavy atom. The van der Waals surface area contributed by atoms with E-state index in [-0.39, 0.29) is 0 Å². The van der Waals surface area contributed by atoms with Crippen molar-refractivity contribution in [1.29, 1.82) is 0 Å². The molecule has 0 amide bonds. The smallest absolute Gasteiger partial charge is 0.0189 e. The van der Waals surface area contributed by atoms with Gasteiger partial charge >= 0.3 is 0 Å². The van der Waals surface area contributed by atoms with Gasteiger partial charge in [0.1, 0.15) is 0 Å². The Morgan fingerprint density at radius 2 is 1.81 bits per heavy atom. The van der Waals surface area contributed by atoms with Crippen molar-refractivity contribution in [2.75, 3.05) is 0 Å². The van der Waals surface area contributed by atoms with Crippen LogP contribution in [0.1, 0.15) is 23.6 Å². The van der Waals surface area contributed by atoms with Gasteiger partial charge in [0.15, 0.2) is 0 Å². The first kappa shape index (κ1) is 9.98. The van der Waals surface area contributed by atoms with Crippen molar-refractivity contribution in [2.24, 2.45) is 0 Å². The van der Waals surface area contributed by atoms with E-state index >= 15 is 0 Å². The second-order valence-corrected chi connectivity index (χ2v) is 5.20. The molecule has 2 aromatic carbocycles. The molecule has 3 rings (SSSR count). The zero-order valence-corrected chi connectivity index (χ0v) is 10.2. The highest BCUT2D eigenvalue weighted by Crippen LogP contribution is 2.41. The molecule has 80 valence electrons. The third-order valence-electron chi connectivity index (χ3n) is 3.12. The maximum Gasteiger partial charge on any atom is 0.0189 e. The zero-order chi connectivity index (χ0) is 11.0. The average molecular weight is 226 g/mol. The van der Waals surface area contributed by atoms with Crippen LogP contribution in [-0.4, -0.2) is 0 Å². The Labute approximate surface area is 101 Å². The highest BCUT2D eigenvalue weighted by Gasteiger charge is 2.17. The van der Waals surface area contributed by atoms with Crippen LogP contribution in [0.3, 0.4) is 0 Å². The largest absolute Gasteiger partial charge is 0.0892 e. The van der Waals surface area contributed by atoms with E-state index in [1.165, 1.54) is 26.5 Å². The van der Waals surface area contributed by atoms with Gasteiger partial charge in [-0.15, -0.1) is 0 Å². The molecule has 1 heteroatoms. The molecule has 0 saturated carbocycles. The first-order chi connectivity index (χ1) is 7.88. The summed E-state index contributed by atoms with van der Waals surface area (Å²) in [6.45, 7) is 2.23. The van der Waals surface area contributed by atoms with Gasteiger partial charge in [-0.3, -0.25) is 0 Å². The van der Waals surface area contributed by atoms with Crippen LogP contribution >= 0.6 is 11.8 Å². The first-order valence-electron chi connectivity index (χ1n) is 5.75. The molecule has 0 saturated heterocycles. The van der Waals surface area contributed by atoms with Crippen LogP contribution in [0.15, 0.2) is 52.3 Å². The van der Waals surface area contributed by atoms with Crippen LogP contribution in [0, 0.1) is 0 Å². The molecule has 1 aliphatic rings. The normalized spacial score (nSPS) is 13.1. The maximum absolute atomic E-state index is 2.26. The van der Waals surface area contributed by atoms with Gasteiger partial charge in [-0.05, 0) is 35.6 Å². The summed E-state index contributed by atoms with van der Waals surface area (Å²) >= 11 is 1.93. The topological polar surface area (TPSA) is 0 Å². The van der Waals surface area contributed by atoms with E-state index in [0.29, 0.717) is 0 Å². The van der Waals surface area contributed by atoms with Gasteiger partial charge in [-0.1, -0.05) is 55.1 Å².